The highest BCUT2D eigenvalue weighted by Crippen LogP contribution is 2.29. The number of aliphatic imine (C=N–C) groups is 1. The van der Waals surface area contributed by atoms with Crippen LogP contribution in [0.4, 0.5) is 10.3 Å². The van der Waals surface area contributed by atoms with Gasteiger partial charge in [0.1, 0.15) is 12.5 Å². The Bertz CT molecular complexity index is 1310. The van der Waals surface area contributed by atoms with E-state index in [2.05, 4.69) is 26.2 Å². The topological polar surface area (TPSA) is 113 Å². The number of hydroxylamine groups is 1. The highest BCUT2D eigenvalue weighted by Gasteiger charge is 2.22. The molecule has 4 N–H and O–H groups in total. The van der Waals surface area contributed by atoms with Gasteiger partial charge >= 0.3 is 0 Å². The summed E-state index contributed by atoms with van der Waals surface area (Å²) in [6.07, 6.45) is 0.530. The lowest BCUT2D eigenvalue weighted by atomic mass is 9.95. The van der Waals surface area contributed by atoms with Crippen molar-refractivity contribution in [1.29, 1.82) is 0 Å². The van der Waals surface area contributed by atoms with E-state index in [0.29, 0.717) is 52.7 Å². The quantitative estimate of drug-likeness (QED) is 0.455. The first-order valence-electron chi connectivity index (χ1n) is 10.7. The zero-order valence-electron chi connectivity index (χ0n) is 17.9. The van der Waals surface area contributed by atoms with Crippen molar-refractivity contribution in [2.75, 3.05) is 17.4 Å². The van der Waals surface area contributed by atoms with Gasteiger partial charge in [-0.2, -0.15) is 4.98 Å². The number of benzene rings is 2. The Morgan fingerprint density at radius 1 is 1.21 bits per heavy atom. The number of aliphatic hydroxyl groups excluding tert-OH is 1. The molecule has 2 aromatic carbocycles. The van der Waals surface area contributed by atoms with Crippen LogP contribution in [0.5, 0.6) is 0 Å². The van der Waals surface area contributed by atoms with E-state index in [1.54, 1.807) is 30.3 Å². The normalized spacial score (nSPS) is 16.6. The van der Waals surface area contributed by atoms with E-state index in [4.69, 9.17) is 4.84 Å². The Morgan fingerprint density at radius 2 is 2.03 bits per heavy atom. The van der Waals surface area contributed by atoms with Gasteiger partial charge in [-0.15, -0.1) is 0 Å². The van der Waals surface area contributed by atoms with Crippen LogP contribution < -0.4 is 21.8 Å². The number of nitrogens with one attached hydrogen (secondary N) is 3. The first-order valence-corrected chi connectivity index (χ1v) is 10.7. The number of aliphatic hydroxyl groups is 1. The van der Waals surface area contributed by atoms with Gasteiger partial charge in [0, 0.05) is 23.1 Å². The number of rotatable bonds is 6. The average molecular weight is 450 g/mol. The van der Waals surface area contributed by atoms with Crippen LogP contribution in [0.15, 0.2) is 52.3 Å². The minimum atomic E-state index is -1.30. The lowest BCUT2D eigenvalue weighted by molar-refractivity contribution is -0.102. The van der Waals surface area contributed by atoms with Crippen molar-refractivity contribution in [3.8, 4) is 11.1 Å². The first-order chi connectivity index (χ1) is 16.0. The van der Waals surface area contributed by atoms with Crippen LogP contribution in [0.2, 0.25) is 0 Å². The second-order valence-corrected chi connectivity index (χ2v) is 7.82. The van der Waals surface area contributed by atoms with Crippen LogP contribution >= 0.6 is 0 Å². The Morgan fingerprint density at radius 3 is 2.76 bits per heavy atom. The molecule has 1 aromatic heterocycles. The summed E-state index contributed by atoms with van der Waals surface area (Å²) < 4.78 is 17.1. The SMILES string of the molecule is CCCc1c(Cc2ccc(-c3ccccc3C3=NC(O)ON3)c(F)c2)c(=O)nc2n1NCN2. The molecule has 170 valence electrons. The lowest BCUT2D eigenvalue weighted by Crippen LogP contribution is -2.24. The third-order valence-electron chi connectivity index (χ3n) is 5.65. The molecule has 33 heavy (non-hydrogen) atoms. The molecule has 1 unspecified atom stereocenters. The molecule has 3 heterocycles. The summed E-state index contributed by atoms with van der Waals surface area (Å²) >= 11 is 0. The van der Waals surface area contributed by atoms with Gasteiger partial charge in [0.25, 0.3) is 12.0 Å². The summed E-state index contributed by atoms with van der Waals surface area (Å²) in [7, 11) is 0. The van der Waals surface area contributed by atoms with Crippen molar-refractivity contribution >= 4 is 11.8 Å². The lowest BCUT2D eigenvalue weighted by Gasteiger charge is -2.15. The van der Waals surface area contributed by atoms with Gasteiger partial charge in [-0.3, -0.25) is 4.79 Å². The van der Waals surface area contributed by atoms with E-state index in [0.717, 1.165) is 12.1 Å². The second-order valence-electron chi connectivity index (χ2n) is 7.82. The number of hydrogen-bond acceptors (Lipinski definition) is 8. The third kappa shape index (κ3) is 3.94. The number of halogens is 1. The largest absolute Gasteiger partial charge is 0.348 e. The molecule has 0 spiro atoms. The summed E-state index contributed by atoms with van der Waals surface area (Å²) in [6.45, 7) is 2.54. The van der Waals surface area contributed by atoms with Gasteiger partial charge in [-0.05, 0) is 23.6 Å². The minimum absolute atomic E-state index is 0.274. The summed E-state index contributed by atoms with van der Waals surface area (Å²) in [5.74, 6) is 0.401. The zero-order chi connectivity index (χ0) is 22.9. The monoisotopic (exact) mass is 450 g/mol. The van der Waals surface area contributed by atoms with Crippen LogP contribution in [0.3, 0.4) is 0 Å². The fourth-order valence-corrected chi connectivity index (χ4v) is 4.18. The molecular formula is C23H23FN6O3. The van der Waals surface area contributed by atoms with E-state index < -0.39 is 12.2 Å². The van der Waals surface area contributed by atoms with E-state index in [9.17, 15) is 9.90 Å². The molecule has 0 saturated heterocycles. The number of fused-ring (bicyclic) bond motifs is 1. The first kappa shape index (κ1) is 21.1. The summed E-state index contributed by atoms with van der Waals surface area (Å²) in [6, 6.07) is 12.1. The highest BCUT2D eigenvalue weighted by atomic mass is 19.1. The number of hydrogen-bond donors (Lipinski definition) is 4. The summed E-state index contributed by atoms with van der Waals surface area (Å²) in [4.78, 5) is 25.7. The van der Waals surface area contributed by atoms with Crippen molar-refractivity contribution in [2.24, 2.45) is 4.99 Å². The smallest absolute Gasteiger partial charge is 0.280 e. The number of amidine groups is 1. The van der Waals surface area contributed by atoms with Crippen molar-refractivity contribution in [1.82, 2.24) is 15.1 Å². The molecular weight excluding hydrogens is 427 g/mol. The van der Waals surface area contributed by atoms with Crippen molar-refractivity contribution in [3.05, 3.63) is 81.0 Å². The molecule has 2 aliphatic rings. The van der Waals surface area contributed by atoms with Crippen molar-refractivity contribution < 1.29 is 14.3 Å². The van der Waals surface area contributed by atoms with Gasteiger partial charge in [0.2, 0.25) is 5.95 Å². The van der Waals surface area contributed by atoms with Crippen LogP contribution in [0.1, 0.15) is 35.7 Å². The van der Waals surface area contributed by atoms with Crippen molar-refractivity contribution in [3.63, 3.8) is 0 Å². The maximum absolute atomic E-state index is 15.3. The zero-order valence-corrected chi connectivity index (χ0v) is 17.9. The third-order valence-corrected chi connectivity index (χ3v) is 5.65. The van der Waals surface area contributed by atoms with Crippen LogP contribution in [0.25, 0.3) is 11.1 Å². The molecule has 0 bridgehead atoms. The molecule has 0 radical (unpaired) electrons. The Hall–Kier alpha value is -3.76. The minimum Gasteiger partial charge on any atom is -0.348 e. The van der Waals surface area contributed by atoms with Gasteiger partial charge in [-0.1, -0.05) is 49.7 Å². The maximum atomic E-state index is 15.3. The number of nitrogens with zero attached hydrogens (tertiary/aromatic N) is 3. The number of anilines is 1. The van der Waals surface area contributed by atoms with Crippen molar-refractivity contribution in [2.45, 2.75) is 32.6 Å². The predicted molar refractivity (Wildman–Crippen MR) is 122 cm³/mol. The Balaban J connectivity index is 1.50. The second kappa shape index (κ2) is 8.64. The van der Waals surface area contributed by atoms with Gasteiger partial charge in [0.15, 0.2) is 5.84 Å². The average Bonchev–Trinajstić information content (AvgIpc) is 3.45. The van der Waals surface area contributed by atoms with E-state index in [1.807, 2.05) is 17.7 Å². The summed E-state index contributed by atoms with van der Waals surface area (Å²) in [5.41, 5.74) is 9.10. The van der Waals surface area contributed by atoms with E-state index in [1.165, 1.54) is 6.07 Å². The molecule has 5 rings (SSSR count). The fraction of sp³-hybridized carbons (Fsp3) is 0.261. The molecule has 10 heteroatoms. The molecule has 9 nitrogen and oxygen atoms in total. The molecule has 3 aromatic rings. The van der Waals surface area contributed by atoms with Gasteiger partial charge in [-0.25, -0.2) is 24.4 Å². The molecule has 0 saturated carbocycles. The molecule has 0 aliphatic carbocycles. The van der Waals surface area contributed by atoms with Gasteiger partial charge < -0.3 is 15.8 Å². The standard InChI is InChI=1S/C23H23FN6O3/c1-2-5-19-17(21(31)28-22-25-12-26-30(19)22)10-13-8-9-15(18(24)11-13)14-6-3-4-7-16(14)20-27-23(32)33-29-20/h3-4,6-9,11,23,26,32H,2,5,10,12H2,1H3,(H,27,29)(H,25,28,31). The van der Waals surface area contributed by atoms with Gasteiger partial charge in [0.05, 0.1) is 5.69 Å². The Labute approximate surface area is 188 Å². The van der Waals surface area contributed by atoms with Crippen LogP contribution in [0, 0.1) is 5.82 Å². The molecule has 0 fully saturated rings. The highest BCUT2D eigenvalue weighted by molar-refractivity contribution is 6.04. The van der Waals surface area contributed by atoms with Crippen LogP contribution in [-0.4, -0.2) is 33.7 Å². The van der Waals surface area contributed by atoms with E-state index in [-0.39, 0.29) is 12.0 Å². The fourth-order valence-electron chi connectivity index (χ4n) is 4.18. The predicted octanol–water partition coefficient (Wildman–Crippen LogP) is 2.08. The summed E-state index contributed by atoms with van der Waals surface area (Å²) in [5, 5.41) is 12.5. The van der Waals surface area contributed by atoms with E-state index >= 15 is 4.39 Å². The van der Waals surface area contributed by atoms with Crippen LogP contribution in [-0.2, 0) is 17.7 Å². The molecule has 1 atom stereocenters. The number of aromatic nitrogens is 2. The maximum Gasteiger partial charge on any atom is 0.280 e. The Kier molecular flexibility index (Phi) is 5.53. The molecule has 2 aliphatic heterocycles. The molecule has 0 amide bonds.